The average molecular weight is 226 g/mol. The second-order valence-electron chi connectivity index (χ2n) is 3.84. The number of pyridine rings is 1. The lowest BCUT2D eigenvalue weighted by Crippen LogP contribution is -2.27. The van der Waals surface area contributed by atoms with Crippen LogP contribution in [0.4, 0.5) is 5.69 Å². The molecular formula is C14H14N2O. The van der Waals surface area contributed by atoms with Crippen molar-refractivity contribution in [2.75, 3.05) is 11.9 Å². The van der Waals surface area contributed by atoms with Gasteiger partial charge in [-0.1, -0.05) is 18.2 Å². The summed E-state index contributed by atoms with van der Waals surface area (Å²) in [7, 11) is 1.77. The topological polar surface area (TPSA) is 33.2 Å². The number of hydrogen-bond acceptors (Lipinski definition) is 2. The first kappa shape index (κ1) is 11.3. The highest BCUT2D eigenvalue weighted by Crippen LogP contribution is 2.15. The summed E-state index contributed by atoms with van der Waals surface area (Å²) >= 11 is 0. The second-order valence-corrected chi connectivity index (χ2v) is 3.84. The molecule has 0 radical (unpaired) electrons. The fourth-order valence-electron chi connectivity index (χ4n) is 1.66. The maximum absolute atomic E-state index is 12.3. The van der Waals surface area contributed by atoms with E-state index in [9.17, 15) is 4.79 Å². The Balaban J connectivity index is 2.30. The molecule has 0 atom stereocenters. The van der Waals surface area contributed by atoms with Crippen molar-refractivity contribution in [2.45, 2.75) is 6.92 Å². The predicted molar refractivity (Wildman–Crippen MR) is 68.1 cm³/mol. The number of anilines is 1. The number of carbonyl (C=O) groups is 1. The lowest BCUT2D eigenvalue weighted by Gasteiger charge is -2.17. The van der Waals surface area contributed by atoms with Crippen molar-refractivity contribution in [2.24, 2.45) is 0 Å². The van der Waals surface area contributed by atoms with Crippen molar-refractivity contribution in [3.63, 3.8) is 0 Å². The molecule has 0 saturated carbocycles. The molecule has 2 rings (SSSR count). The largest absolute Gasteiger partial charge is 0.311 e. The van der Waals surface area contributed by atoms with Gasteiger partial charge in [0, 0.05) is 24.6 Å². The first-order valence-corrected chi connectivity index (χ1v) is 5.45. The minimum Gasteiger partial charge on any atom is -0.311 e. The quantitative estimate of drug-likeness (QED) is 0.788. The van der Waals surface area contributed by atoms with Crippen molar-refractivity contribution in [3.8, 4) is 0 Å². The highest BCUT2D eigenvalue weighted by atomic mass is 16.2. The standard InChI is InChI=1S/C14H14N2O/c1-11-13(9-6-10-15-11)14(17)16(2)12-7-4-3-5-8-12/h3-10H,1-2H3. The maximum Gasteiger partial charge on any atom is 0.259 e. The Kier molecular flexibility index (Phi) is 3.19. The highest BCUT2D eigenvalue weighted by molar-refractivity contribution is 6.06. The van der Waals surface area contributed by atoms with Gasteiger partial charge in [-0.05, 0) is 31.2 Å². The molecule has 1 aromatic heterocycles. The van der Waals surface area contributed by atoms with Gasteiger partial charge in [0.05, 0.1) is 5.56 Å². The van der Waals surface area contributed by atoms with Crippen LogP contribution < -0.4 is 4.90 Å². The summed E-state index contributed by atoms with van der Waals surface area (Å²) in [5.74, 6) is -0.0400. The van der Waals surface area contributed by atoms with Gasteiger partial charge in [0.25, 0.3) is 5.91 Å². The van der Waals surface area contributed by atoms with Gasteiger partial charge in [-0.2, -0.15) is 0 Å². The predicted octanol–water partition coefficient (Wildman–Crippen LogP) is 2.67. The zero-order valence-corrected chi connectivity index (χ0v) is 9.92. The number of benzene rings is 1. The summed E-state index contributed by atoms with van der Waals surface area (Å²) in [5.41, 5.74) is 2.26. The van der Waals surface area contributed by atoms with Crippen LogP contribution in [0.1, 0.15) is 16.1 Å². The summed E-state index contributed by atoms with van der Waals surface area (Å²) in [6, 6.07) is 13.1. The van der Waals surface area contributed by atoms with Gasteiger partial charge in [0.2, 0.25) is 0 Å². The second kappa shape index (κ2) is 4.78. The molecule has 1 heterocycles. The molecule has 0 spiro atoms. The van der Waals surface area contributed by atoms with Crippen molar-refractivity contribution in [1.82, 2.24) is 4.98 Å². The lowest BCUT2D eigenvalue weighted by molar-refractivity contribution is 0.0992. The molecule has 0 aliphatic rings. The van der Waals surface area contributed by atoms with Crippen molar-refractivity contribution >= 4 is 11.6 Å². The number of aromatic nitrogens is 1. The molecule has 17 heavy (non-hydrogen) atoms. The first-order valence-electron chi connectivity index (χ1n) is 5.45. The zero-order chi connectivity index (χ0) is 12.3. The Morgan fingerprint density at radius 1 is 1.12 bits per heavy atom. The van der Waals surface area contributed by atoms with Crippen LogP contribution in [0.15, 0.2) is 48.7 Å². The zero-order valence-electron chi connectivity index (χ0n) is 9.92. The number of nitrogens with zero attached hydrogens (tertiary/aromatic N) is 2. The van der Waals surface area contributed by atoms with E-state index in [2.05, 4.69) is 4.98 Å². The summed E-state index contributed by atoms with van der Waals surface area (Å²) in [5, 5.41) is 0. The molecule has 0 aliphatic carbocycles. The SMILES string of the molecule is Cc1ncccc1C(=O)N(C)c1ccccc1. The van der Waals surface area contributed by atoms with E-state index in [0.29, 0.717) is 5.56 Å². The van der Waals surface area contributed by atoms with Crippen LogP contribution in [0.25, 0.3) is 0 Å². The average Bonchev–Trinajstić information content (AvgIpc) is 2.39. The summed E-state index contributed by atoms with van der Waals surface area (Å²) in [6.45, 7) is 1.84. The molecule has 0 bridgehead atoms. The number of para-hydroxylation sites is 1. The normalized spacial score (nSPS) is 10.0. The van der Waals surface area contributed by atoms with Crippen molar-refractivity contribution in [3.05, 3.63) is 59.9 Å². The molecular weight excluding hydrogens is 212 g/mol. The number of carbonyl (C=O) groups excluding carboxylic acids is 1. The van der Waals surface area contributed by atoms with Crippen LogP contribution in [-0.2, 0) is 0 Å². The smallest absolute Gasteiger partial charge is 0.259 e. The summed E-state index contributed by atoms with van der Waals surface area (Å²) in [6.07, 6.45) is 1.69. The summed E-state index contributed by atoms with van der Waals surface area (Å²) in [4.78, 5) is 18.0. The first-order chi connectivity index (χ1) is 8.20. The fraction of sp³-hybridized carbons (Fsp3) is 0.143. The number of rotatable bonds is 2. The Hall–Kier alpha value is -2.16. The number of aryl methyl sites for hydroxylation is 1. The van der Waals surface area contributed by atoms with Gasteiger partial charge in [-0.15, -0.1) is 0 Å². The molecule has 0 saturated heterocycles. The minimum atomic E-state index is -0.0400. The maximum atomic E-state index is 12.3. The Labute approximate surface area is 101 Å². The molecule has 0 fully saturated rings. The molecule has 0 N–H and O–H groups in total. The molecule has 3 heteroatoms. The van der Waals surface area contributed by atoms with Crippen molar-refractivity contribution in [1.29, 1.82) is 0 Å². The van der Waals surface area contributed by atoms with Gasteiger partial charge in [0.15, 0.2) is 0 Å². The van der Waals surface area contributed by atoms with Gasteiger partial charge in [-0.25, -0.2) is 0 Å². The highest BCUT2D eigenvalue weighted by Gasteiger charge is 2.15. The third-order valence-corrected chi connectivity index (χ3v) is 2.69. The molecule has 0 unspecified atom stereocenters. The minimum absolute atomic E-state index is 0.0400. The fourth-order valence-corrected chi connectivity index (χ4v) is 1.66. The molecule has 1 amide bonds. The number of amides is 1. The lowest BCUT2D eigenvalue weighted by atomic mass is 10.1. The third kappa shape index (κ3) is 2.33. The van der Waals surface area contributed by atoms with Crippen LogP contribution in [0, 0.1) is 6.92 Å². The Bertz CT molecular complexity index is 523. The molecule has 1 aromatic carbocycles. The molecule has 0 aliphatic heterocycles. The van der Waals surface area contributed by atoms with Crippen molar-refractivity contribution < 1.29 is 4.79 Å². The van der Waals surface area contributed by atoms with E-state index in [-0.39, 0.29) is 5.91 Å². The Morgan fingerprint density at radius 2 is 1.82 bits per heavy atom. The summed E-state index contributed by atoms with van der Waals surface area (Å²) < 4.78 is 0. The molecule has 3 nitrogen and oxygen atoms in total. The van der Waals surface area contributed by atoms with E-state index in [1.807, 2.05) is 37.3 Å². The van der Waals surface area contributed by atoms with Gasteiger partial charge in [0.1, 0.15) is 0 Å². The Morgan fingerprint density at radius 3 is 2.47 bits per heavy atom. The molecule has 86 valence electrons. The monoisotopic (exact) mass is 226 g/mol. The van der Waals surface area contributed by atoms with E-state index < -0.39 is 0 Å². The molecule has 2 aromatic rings. The van der Waals surface area contributed by atoms with Gasteiger partial charge >= 0.3 is 0 Å². The van der Waals surface area contributed by atoms with E-state index in [1.165, 1.54) is 0 Å². The van der Waals surface area contributed by atoms with E-state index in [4.69, 9.17) is 0 Å². The van der Waals surface area contributed by atoms with Crippen LogP contribution >= 0.6 is 0 Å². The van der Waals surface area contributed by atoms with E-state index >= 15 is 0 Å². The van der Waals surface area contributed by atoms with Crippen LogP contribution in [0.3, 0.4) is 0 Å². The number of hydrogen-bond donors (Lipinski definition) is 0. The van der Waals surface area contributed by atoms with E-state index in [1.54, 1.807) is 30.3 Å². The van der Waals surface area contributed by atoms with Gasteiger partial charge in [-0.3, -0.25) is 9.78 Å². The van der Waals surface area contributed by atoms with Crippen LogP contribution in [0.5, 0.6) is 0 Å². The van der Waals surface area contributed by atoms with E-state index in [0.717, 1.165) is 11.4 Å². The van der Waals surface area contributed by atoms with Gasteiger partial charge < -0.3 is 4.90 Å². The third-order valence-electron chi connectivity index (χ3n) is 2.69. The van der Waals surface area contributed by atoms with Crippen LogP contribution in [0.2, 0.25) is 0 Å². The van der Waals surface area contributed by atoms with Crippen LogP contribution in [-0.4, -0.2) is 17.9 Å².